The summed E-state index contributed by atoms with van der Waals surface area (Å²) < 4.78 is 1.81. The summed E-state index contributed by atoms with van der Waals surface area (Å²) in [6.45, 7) is 2.15. The van der Waals surface area contributed by atoms with Crippen molar-refractivity contribution in [2.24, 2.45) is 7.05 Å². The average molecular weight is 235 g/mol. The quantitative estimate of drug-likeness (QED) is 0.745. The molecule has 2 rings (SSSR count). The van der Waals surface area contributed by atoms with Crippen LogP contribution in [0.15, 0.2) is 30.5 Å². The van der Waals surface area contributed by atoms with E-state index in [0.29, 0.717) is 5.88 Å². The molecule has 1 heterocycles. The number of hydrogen-bond acceptors (Lipinski definition) is 1. The molecule has 1 aromatic carbocycles. The number of hydrogen-bond donors (Lipinski definition) is 0. The summed E-state index contributed by atoms with van der Waals surface area (Å²) in [5.41, 5.74) is 4.54. The second kappa shape index (κ2) is 4.71. The second-order valence-electron chi connectivity index (χ2n) is 3.86. The zero-order chi connectivity index (χ0) is 11.5. The summed E-state index contributed by atoms with van der Waals surface area (Å²) in [4.78, 5) is 0. The van der Waals surface area contributed by atoms with Crippen LogP contribution in [0.4, 0.5) is 0 Å². The molecule has 0 aliphatic rings. The normalized spacial score (nSPS) is 10.7. The van der Waals surface area contributed by atoms with Crippen LogP contribution in [-0.4, -0.2) is 9.78 Å². The largest absolute Gasteiger partial charge is 0.275 e. The molecule has 0 radical (unpaired) electrons. The molecular formula is C13H15ClN2. The number of rotatable bonds is 3. The van der Waals surface area contributed by atoms with Gasteiger partial charge in [0.15, 0.2) is 0 Å². The molecule has 0 fully saturated rings. The first-order chi connectivity index (χ1) is 7.74. The number of aryl methyl sites for hydroxylation is 2. The molecular weight excluding hydrogens is 220 g/mol. The molecule has 1 aromatic heterocycles. The maximum Gasteiger partial charge on any atom is 0.0967 e. The van der Waals surface area contributed by atoms with Crippen molar-refractivity contribution in [3.8, 4) is 11.3 Å². The molecule has 0 aliphatic carbocycles. The number of halogens is 1. The smallest absolute Gasteiger partial charge is 0.0967 e. The van der Waals surface area contributed by atoms with Crippen LogP contribution in [0.3, 0.4) is 0 Å². The number of nitrogens with zero attached hydrogens (tertiary/aromatic N) is 2. The highest BCUT2D eigenvalue weighted by Gasteiger charge is 2.08. The number of aromatic nitrogens is 2. The predicted octanol–water partition coefficient (Wildman–Crippen LogP) is 3.39. The van der Waals surface area contributed by atoms with Crippen molar-refractivity contribution in [2.45, 2.75) is 19.2 Å². The van der Waals surface area contributed by atoms with Crippen LogP contribution in [0.1, 0.15) is 18.1 Å². The minimum absolute atomic E-state index is 0.499. The highest BCUT2D eigenvalue weighted by atomic mass is 35.5. The van der Waals surface area contributed by atoms with Gasteiger partial charge in [-0.3, -0.25) is 4.68 Å². The van der Waals surface area contributed by atoms with Gasteiger partial charge in [-0.25, -0.2) is 0 Å². The molecule has 0 bridgehead atoms. The molecule has 0 N–H and O–H groups in total. The van der Waals surface area contributed by atoms with Gasteiger partial charge in [0.2, 0.25) is 0 Å². The summed E-state index contributed by atoms with van der Waals surface area (Å²) in [5.74, 6) is 0.499. The maximum atomic E-state index is 5.90. The van der Waals surface area contributed by atoms with E-state index >= 15 is 0 Å². The van der Waals surface area contributed by atoms with Gasteiger partial charge in [0.25, 0.3) is 0 Å². The monoisotopic (exact) mass is 234 g/mol. The lowest BCUT2D eigenvalue weighted by Crippen LogP contribution is -1.88. The lowest BCUT2D eigenvalue weighted by Gasteiger charge is -2.01. The highest BCUT2D eigenvalue weighted by molar-refractivity contribution is 6.17. The number of alkyl halides is 1. The van der Waals surface area contributed by atoms with Gasteiger partial charge >= 0.3 is 0 Å². The fourth-order valence-electron chi connectivity index (χ4n) is 1.78. The minimum atomic E-state index is 0.499. The van der Waals surface area contributed by atoms with Crippen LogP contribution in [0.5, 0.6) is 0 Å². The van der Waals surface area contributed by atoms with E-state index < -0.39 is 0 Å². The Morgan fingerprint density at radius 1 is 1.25 bits per heavy atom. The standard InChI is InChI=1S/C13H15ClN2/c1-3-10-4-6-11(7-5-10)13-12(8-14)9-16(2)15-13/h4-7,9H,3,8H2,1-2H3. The van der Waals surface area contributed by atoms with Crippen LogP contribution in [0, 0.1) is 0 Å². The Bertz CT molecular complexity index is 471. The van der Waals surface area contributed by atoms with Crippen molar-refractivity contribution < 1.29 is 0 Å². The summed E-state index contributed by atoms with van der Waals surface area (Å²) in [5, 5.41) is 4.44. The third kappa shape index (κ3) is 2.12. The molecule has 0 unspecified atom stereocenters. The summed E-state index contributed by atoms with van der Waals surface area (Å²) in [7, 11) is 1.92. The van der Waals surface area contributed by atoms with Crippen LogP contribution < -0.4 is 0 Å². The van der Waals surface area contributed by atoms with Gasteiger partial charge in [0, 0.05) is 24.4 Å². The van der Waals surface area contributed by atoms with E-state index in [1.54, 1.807) is 4.68 Å². The fraction of sp³-hybridized carbons (Fsp3) is 0.308. The maximum absolute atomic E-state index is 5.90. The van der Waals surface area contributed by atoms with Gasteiger partial charge < -0.3 is 0 Å². The third-order valence-corrected chi connectivity index (χ3v) is 2.97. The molecule has 0 aliphatic heterocycles. The van der Waals surface area contributed by atoms with E-state index in [0.717, 1.165) is 23.2 Å². The average Bonchev–Trinajstić information content (AvgIpc) is 2.70. The van der Waals surface area contributed by atoms with E-state index in [-0.39, 0.29) is 0 Å². The van der Waals surface area contributed by atoms with Crippen molar-refractivity contribution in [3.63, 3.8) is 0 Å². The van der Waals surface area contributed by atoms with E-state index in [1.165, 1.54) is 5.56 Å². The third-order valence-electron chi connectivity index (χ3n) is 2.68. The summed E-state index contributed by atoms with van der Waals surface area (Å²) >= 11 is 5.90. The van der Waals surface area contributed by atoms with Gasteiger partial charge in [-0.15, -0.1) is 11.6 Å². The van der Waals surface area contributed by atoms with Gasteiger partial charge in [-0.2, -0.15) is 5.10 Å². The van der Waals surface area contributed by atoms with E-state index in [2.05, 4.69) is 36.3 Å². The molecule has 0 saturated carbocycles. The first-order valence-electron chi connectivity index (χ1n) is 5.42. The van der Waals surface area contributed by atoms with Gasteiger partial charge in [-0.1, -0.05) is 31.2 Å². The molecule has 0 atom stereocenters. The zero-order valence-corrected chi connectivity index (χ0v) is 10.3. The SMILES string of the molecule is CCc1ccc(-c2nn(C)cc2CCl)cc1. The van der Waals surface area contributed by atoms with Crippen molar-refractivity contribution in [2.75, 3.05) is 0 Å². The first kappa shape index (κ1) is 11.2. The molecule has 2 nitrogen and oxygen atoms in total. The van der Waals surface area contributed by atoms with Crippen LogP contribution in [0.2, 0.25) is 0 Å². The fourth-order valence-corrected chi connectivity index (χ4v) is 1.97. The zero-order valence-electron chi connectivity index (χ0n) is 9.57. The van der Waals surface area contributed by atoms with Crippen molar-refractivity contribution >= 4 is 11.6 Å². The van der Waals surface area contributed by atoms with Crippen LogP contribution >= 0.6 is 11.6 Å². The van der Waals surface area contributed by atoms with Crippen molar-refractivity contribution in [3.05, 3.63) is 41.6 Å². The Kier molecular flexibility index (Phi) is 3.30. The Morgan fingerprint density at radius 2 is 1.94 bits per heavy atom. The predicted molar refractivity (Wildman–Crippen MR) is 67.6 cm³/mol. The lowest BCUT2D eigenvalue weighted by molar-refractivity contribution is 0.770. The molecule has 0 amide bonds. The molecule has 16 heavy (non-hydrogen) atoms. The Morgan fingerprint density at radius 3 is 2.50 bits per heavy atom. The second-order valence-corrected chi connectivity index (χ2v) is 4.13. The molecule has 3 heteroatoms. The van der Waals surface area contributed by atoms with Gasteiger partial charge in [0.05, 0.1) is 11.6 Å². The molecule has 0 saturated heterocycles. The molecule has 0 spiro atoms. The lowest BCUT2D eigenvalue weighted by atomic mass is 10.1. The first-order valence-corrected chi connectivity index (χ1v) is 5.96. The summed E-state index contributed by atoms with van der Waals surface area (Å²) in [6.07, 6.45) is 3.03. The Hall–Kier alpha value is -1.28. The topological polar surface area (TPSA) is 17.8 Å². The molecule has 2 aromatic rings. The van der Waals surface area contributed by atoms with Crippen LogP contribution in [-0.2, 0) is 19.3 Å². The van der Waals surface area contributed by atoms with E-state index in [4.69, 9.17) is 11.6 Å². The van der Waals surface area contributed by atoms with Crippen LogP contribution in [0.25, 0.3) is 11.3 Å². The minimum Gasteiger partial charge on any atom is -0.275 e. The summed E-state index contributed by atoms with van der Waals surface area (Å²) in [6, 6.07) is 8.50. The van der Waals surface area contributed by atoms with E-state index in [9.17, 15) is 0 Å². The van der Waals surface area contributed by atoms with Gasteiger partial charge in [-0.05, 0) is 12.0 Å². The molecule has 84 valence electrons. The highest BCUT2D eigenvalue weighted by Crippen LogP contribution is 2.23. The van der Waals surface area contributed by atoms with E-state index in [1.807, 2.05) is 13.2 Å². The van der Waals surface area contributed by atoms with Crippen molar-refractivity contribution in [1.82, 2.24) is 9.78 Å². The Balaban J connectivity index is 2.41. The van der Waals surface area contributed by atoms with Gasteiger partial charge in [0.1, 0.15) is 0 Å². The number of benzene rings is 1. The Labute approximate surface area is 101 Å². The van der Waals surface area contributed by atoms with Crippen molar-refractivity contribution in [1.29, 1.82) is 0 Å².